The summed E-state index contributed by atoms with van der Waals surface area (Å²) in [7, 11) is -3.71. The summed E-state index contributed by atoms with van der Waals surface area (Å²) < 4.78 is 28.1. The molecule has 7 nitrogen and oxygen atoms in total. The summed E-state index contributed by atoms with van der Waals surface area (Å²) in [5.74, 6) is 0. The molecule has 1 unspecified atom stereocenters. The van der Waals surface area contributed by atoms with Crippen LogP contribution in [-0.2, 0) is 21.4 Å². The zero-order chi connectivity index (χ0) is 14.8. The van der Waals surface area contributed by atoms with Crippen molar-refractivity contribution in [3.63, 3.8) is 0 Å². The zero-order valence-corrected chi connectivity index (χ0v) is 11.7. The third kappa shape index (κ3) is 3.69. The summed E-state index contributed by atoms with van der Waals surface area (Å²) >= 11 is 0. The molecule has 2 rings (SSSR count). The molecule has 1 aliphatic rings. The van der Waals surface area contributed by atoms with Crippen molar-refractivity contribution in [3.05, 3.63) is 29.8 Å². The smallest absolute Gasteiger partial charge is 0.314 e. The number of ether oxygens (including phenoxy) is 1. The molecule has 1 aromatic rings. The Labute approximate surface area is 117 Å². The molecule has 2 amide bonds. The van der Waals surface area contributed by atoms with Gasteiger partial charge < -0.3 is 15.4 Å². The Kier molecular flexibility index (Phi) is 4.26. The molecular weight excluding hydrogens is 282 g/mol. The molecule has 1 aromatic carbocycles. The van der Waals surface area contributed by atoms with E-state index in [0.717, 1.165) is 6.42 Å². The van der Waals surface area contributed by atoms with Crippen LogP contribution in [-0.4, -0.2) is 38.5 Å². The minimum Gasteiger partial charge on any atom is -0.372 e. The summed E-state index contributed by atoms with van der Waals surface area (Å²) in [5, 5.41) is 5.07. The van der Waals surface area contributed by atoms with E-state index >= 15 is 0 Å². The van der Waals surface area contributed by atoms with Crippen molar-refractivity contribution < 1.29 is 17.9 Å². The number of primary amides is 1. The van der Waals surface area contributed by atoms with Gasteiger partial charge in [-0.2, -0.15) is 0 Å². The van der Waals surface area contributed by atoms with E-state index in [9.17, 15) is 13.2 Å². The van der Waals surface area contributed by atoms with Crippen LogP contribution in [0, 0.1) is 0 Å². The molecule has 1 fully saturated rings. The van der Waals surface area contributed by atoms with E-state index in [0.29, 0.717) is 18.7 Å². The molecule has 110 valence electrons. The topological polar surface area (TPSA) is 116 Å². The van der Waals surface area contributed by atoms with Crippen molar-refractivity contribution in [2.45, 2.75) is 24.0 Å². The summed E-state index contributed by atoms with van der Waals surface area (Å²) in [6.07, 6.45) is 0.637. The molecule has 0 spiro atoms. The Balaban J connectivity index is 1.94. The average molecular weight is 299 g/mol. The van der Waals surface area contributed by atoms with E-state index in [4.69, 9.17) is 15.6 Å². The first-order valence-corrected chi connectivity index (χ1v) is 7.68. The van der Waals surface area contributed by atoms with E-state index < -0.39 is 16.1 Å². The molecule has 8 heteroatoms. The molecule has 0 aliphatic carbocycles. The Morgan fingerprint density at radius 3 is 2.80 bits per heavy atom. The normalized spacial score (nSPS) is 19.2. The SMILES string of the molecule is NC(=O)N1CCC(OCc2cccc(S(N)(=O)=O)c2)C1. The highest BCUT2D eigenvalue weighted by Crippen LogP contribution is 2.16. The third-order valence-corrected chi connectivity index (χ3v) is 4.08. The van der Waals surface area contributed by atoms with Crippen LogP contribution < -0.4 is 10.9 Å². The van der Waals surface area contributed by atoms with Crippen LogP contribution in [0.15, 0.2) is 29.2 Å². The third-order valence-electron chi connectivity index (χ3n) is 3.17. The molecule has 1 atom stereocenters. The van der Waals surface area contributed by atoms with Crippen LogP contribution in [0.5, 0.6) is 0 Å². The second kappa shape index (κ2) is 5.78. The van der Waals surface area contributed by atoms with Crippen molar-refractivity contribution in [2.75, 3.05) is 13.1 Å². The Morgan fingerprint density at radius 2 is 2.20 bits per heavy atom. The van der Waals surface area contributed by atoms with Gasteiger partial charge in [0, 0.05) is 13.1 Å². The predicted molar refractivity (Wildman–Crippen MR) is 72.2 cm³/mol. The van der Waals surface area contributed by atoms with E-state index in [1.807, 2.05) is 0 Å². The predicted octanol–water partition coefficient (Wildman–Crippen LogP) is 0.00360. The second-order valence-corrected chi connectivity index (χ2v) is 6.26. The first kappa shape index (κ1) is 14.8. The average Bonchev–Trinajstić information content (AvgIpc) is 2.85. The maximum Gasteiger partial charge on any atom is 0.314 e. The van der Waals surface area contributed by atoms with Crippen LogP contribution in [0.2, 0.25) is 0 Å². The number of urea groups is 1. The molecule has 0 bridgehead atoms. The van der Waals surface area contributed by atoms with Gasteiger partial charge in [-0.25, -0.2) is 18.4 Å². The van der Waals surface area contributed by atoms with Gasteiger partial charge in [0.1, 0.15) is 0 Å². The number of nitrogens with zero attached hydrogens (tertiary/aromatic N) is 1. The largest absolute Gasteiger partial charge is 0.372 e. The molecular formula is C12H17N3O4S. The number of amides is 2. The van der Waals surface area contributed by atoms with Crippen LogP contribution >= 0.6 is 0 Å². The molecule has 1 saturated heterocycles. The summed E-state index contributed by atoms with van der Waals surface area (Å²) in [5.41, 5.74) is 5.90. The summed E-state index contributed by atoms with van der Waals surface area (Å²) in [6, 6.07) is 5.84. The van der Waals surface area contributed by atoms with Crippen molar-refractivity contribution >= 4 is 16.1 Å². The number of hydrogen-bond acceptors (Lipinski definition) is 4. The van der Waals surface area contributed by atoms with Crippen LogP contribution in [0.3, 0.4) is 0 Å². The highest BCUT2D eigenvalue weighted by molar-refractivity contribution is 7.89. The van der Waals surface area contributed by atoms with Gasteiger partial charge >= 0.3 is 6.03 Å². The Hall–Kier alpha value is -1.64. The maximum atomic E-state index is 11.2. The van der Waals surface area contributed by atoms with Gasteiger partial charge in [-0.1, -0.05) is 12.1 Å². The molecule has 4 N–H and O–H groups in total. The van der Waals surface area contributed by atoms with Gasteiger partial charge in [0.05, 0.1) is 17.6 Å². The standard InChI is InChI=1S/C12H17N3O4S/c13-12(16)15-5-4-10(7-15)19-8-9-2-1-3-11(6-9)20(14,17)18/h1-3,6,10H,4-5,7-8H2,(H2,13,16)(H2,14,17,18). The lowest BCUT2D eigenvalue weighted by atomic mass is 10.2. The van der Waals surface area contributed by atoms with Crippen molar-refractivity contribution in [1.29, 1.82) is 0 Å². The molecule has 1 heterocycles. The number of carbonyl (C=O) groups is 1. The van der Waals surface area contributed by atoms with Gasteiger partial charge in [-0.05, 0) is 24.1 Å². The van der Waals surface area contributed by atoms with Gasteiger partial charge in [0.25, 0.3) is 0 Å². The summed E-state index contributed by atoms with van der Waals surface area (Å²) in [4.78, 5) is 12.6. The number of likely N-dealkylation sites (tertiary alicyclic amines) is 1. The number of hydrogen-bond donors (Lipinski definition) is 2. The van der Waals surface area contributed by atoms with Gasteiger partial charge in [-0.15, -0.1) is 0 Å². The van der Waals surface area contributed by atoms with Crippen LogP contribution in [0.25, 0.3) is 0 Å². The highest BCUT2D eigenvalue weighted by Gasteiger charge is 2.25. The fraction of sp³-hybridized carbons (Fsp3) is 0.417. The Bertz CT molecular complexity index is 602. The lowest BCUT2D eigenvalue weighted by Gasteiger charge is -2.14. The number of carbonyl (C=O) groups excluding carboxylic acids is 1. The van der Waals surface area contributed by atoms with Crippen molar-refractivity contribution in [1.82, 2.24) is 4.90 Å². The lowest BCUT2D eigenvalue weighted by molar-refractivity contribution is 0.0489. The summed E-state index contributed by atoms with van der Waals surface area (Å²) in [6.45, 7) is 1.31. The fourth-order valence-electron chi connectivity index (χ4n) is 2.09. The van der Waals surface area contributed by atoms with E-state index in [-0.39, 0.29) is 17.6 Å². The fourth-order valence-corrected chi connectivity index (χ4v) is 2.67. The van der Waals surface area contributed by atoms with E-state index in [1.54, 1.807) is 12.1 Å². The number of sulfonamides is 1. The number of benzene rings is 1. The van der Waals surface area contributed by atoms with Gasteiger partial charge in [0.15, 0.2) is 0 Å². The van der Waals surface area contributed by atoms with Crippen molar-refractivity contribution in [2.24, 2.45) is 10.9 Å². The second-order valence-electron chi connectivity index (χ2n) is 4.70. The first-order valence-electron chi connectivity index (χ1n) is 6.14. The zero-order valence-electron chi connectivity index (χ0n) is 10.9. The monoisotopic (exact) mass is 299 g/mol. The molecule has 0 saturated carbocycles. The molecule has 1 aliphatic heterocycles. The quantitative estimate of drug-likeness (QED) is 0.814. The van der Waals surface area contributed by atoms with Crippen molar-refractivity contribution in [3.8, 4) is 0 Å². The minimum absolute atomic E-state index is 0.0591. The number of rotatable bonds is 4. The first-order chi connectivity index (χ1) is 9.36. The number of nitrogens with two attached hydrogens (primary N) is 2. The molecule has 0 aromatic heterocycles. The van der Waals surface area contributed by atoms with E-state index in [2.05, 4.69) is 0 Å². The van der Waals surface area contributed by atoms with Crippen LogP contribution in [0.4, 0.5) is 4.79 Å². The molecule has 0 radical (unpaired) electrons. The van der Waals surface area contributed by atoms with E-state index in [1.165, 1.54) is 17.0 Å². The molecule has 20 heavy (non-hydrogen) atoms. The Morgan fingerprint density at radius 1 is 1.45 bits per heavy atom. The maximum absolute atomic E-state index is 11.2. The minimum atomic E-state index is -3.71. The number of primary sulfonamides is 1. The van der Waals surface area contributed by atoms with Crippen LogP contribution in [0.1, 0.15) is 12.0 Å². The highest BCUT2D eigenvalue weighted by atomic mass is 32.2. The van der Waals surface area contributed by atoms with Gasteiger partial charge in [-0.3, -0.25) is 0 Å². The van der Waals surface area contributed by atoms with Gasteiger partial charge in [0.2, 0.25) is 10.0 Å². The lowest BCUT2D eigenvalue weighted by Crippen LogP contribution is -2.34.